The number of aromatic nitrogens is 1. The standard InChI is InChI=1S/C13H23N3O3S/c1-3-7-14-10-12-5-6-13(15-11-12)20(17,18)16-8-9-19-4-2/h5-6,11,14,16H,3-4,7-10H2,1-2H3. The maximum atomic E-state index is 11.9. The van der Waals surface area contributed by atoms with E-state index >= 15 is 0 Å². The van der Waals surface area contributed by atoms with Crippen molar-refractivity contribution in [3.8, 4) is 0 Å². The minimum Gasteiger partial charge on any atom is -0.380 e. The van der Waals surface area contributed by atoms with Gasteiger partial charge in [0.15, 0.2) is 5.03 Å². The molecule has 1 rings (SSSR count). The van der Waals surface area contributed by atoms with E-state index in [-0.39, 0.29) is 11.6 Å². The molecule has 0 bridgehead atoms. The van der Waals surface area contributed by atoms with E-state index in [0.29, 0.717) is 19.8 Å². The van der Waals surface area contributed by atoms with Gasteiger partial charge in [-0.05, 0) is 31.5 Å². The van der Waals surface area contributed by atoms with Crippen LogP contribution in [-0.2, 0) is 21.3 Å². The lowest BCUT2D eigenvalue weighted by Gasteiger charge is -2.07. The molecule has 2 N–H and O–H groups in total. The normalized spacial score (nSPS) is 11.7. The Morgan fingerprint density at radius 2 is 2.05 bits per heavy atom. The summed E-state index contributed by atoms with van der Waals surface area (Å²) in [6.07, 6.45) is 2.64. The molecule has 1 aromatic heterocycles. The van der Waals surface area contributed by atoms with Crippen LogP contribution in [0.1, 0.15) is 25.8 Å². The van der Waals surface area contributed by atoms with Crippen LogP contribution in [0.15, 0.2) is 23.4 Å². The molecular weight excluding hydrogens is 278 g/mol. The highest BCUT2D eigenvalue weighted by Crippen LogP contribution is 2.06. The van der Waals surface area contributed by atoms with Gasteiger partial charge in [0.25, 0.3) is 10.0 Å². The SMILES string of the molecule is CCCNCc1ccc(S(=O)(=O)NCCOCC)nc1. The number of sulfonamides is 1. The minimum absolute atomic E-state index is 0.0354. The molecule has 0 unspecified atom stereocenters. The molecule has 0 aliphatic carbocycles. The van der Waals surface area contributed by atoms with E-state index in [1.807, 2.05) is 6.92 Å². The summed E-state index contributed by atoms with van der Waals surface area (Å²) in [6.45, 7) is 6.75. The molecule has 0 fully saturated rings. The first-order valence-corrected chi connectivity index (χ1v) is 8.31. The first-order chi connectivity index (χ1) is 9.60. The molecule has 0 radical (unpaired) electrons. The summed E-state index contributed by atoms with van der Waals surface area (Å²) in [6, 6.07) is 3.29. The lowest BCUT2D eigenvalue weighted by Crippen LogP contribution is -2.28. The zero-order chi connectivity index (χ0) is 14.8. The zero-order valence-corrected chi connectivity index (χ0v) is 12.9. The fourth-order valence-corrected chi connectivity index (χ4v) is 2.49. The molecule has 6 nitrogen and oxygen atoms in total. The van der Waals surface area contributed by atoms with Crippen LogP contribution in [-0.4, -0.2) is 39.7 Å². The van der Waals surface area contributed by atoms with E-state index in [2.05, 4.69) is 21.9 Å². The van der Waals surface area contributed by atoms with Crippen molar-refractivity contribution < 1.29 is 13.2 Å². The Labute approximate surface area is 121 Å². The number of nitrogens with one attached hydrogen (secondary N) is 2. The summed E-state index contributed by atoms with van der Waals surface area (Å²) >= 11 is 0. The Morgan fingerprint density at radius 1 is 1.25 bits per heavy atom. The van der Waals surface area contributed by atoms with Crippen LogP contribution in [0.4, 0.5) is 0 Å². The largest absolute Gasteiger partial charge is 0.380 e. The topological polar surface area (TPSA) is 80.3 Å². The summed E-state index contributed by atoms with van der Waals surface area (Å²) in [5.74, 6) is 0. The molecule has 0 aliphatic rings. The van der Waals surface area contributed by atoms with Crippen LogP contribution in [0.3, 0.4) is 0 Å². The van der Waals surface area contributed by atoms with Crippen LogP contribution < -0.4 is 10.0 Å². The lowest BCUT2D eigenvalue weighted by molar-refractivity contribution is 0.153. The second-order valence-electron chi connectivity index (χ2n) is 4.28. The second-order valence-corrected chi connectivity index (χ2v) is 5.99. The van der Waals surface area contributed by atoms with E-state index in [1.165, 1.54) is 6.07 Å². The van der Waals surface area contributed by atoms with Crippen molar-refractivity contribution in [2.24, 2.45) is 0 Å². The summed E-state index contributed by atoms with van der Waals surface area (Å²) < 4.78 is 31.4. The number of ether oxygens (including phenoxy) is 1. The van der Waals surface area contributed by atoms with Crippen LogP contribution >= 0.6 is 0 Å². The van der Waals surface area contributed by atoms with Gasteiger partial charge in [-0.25, -0.2) is 18.1 Å². The molecule has 0 aliphatic heterocycles. The summed E-state index contributed by atoms with van der Waals surface area (Å²) in [5, 5.41) is 3.27. The summed E-state index contributed by atoms with van der Waals surface area (Å²) in [4.78, 5) is 4.00. The molecule has 1 aromatic rings. The van der Waals surface area contributed by atoms with Gasteiger partial charge < -0.3 is 10.1 Å². The van der Waals surface area contributed by atoms with Gasteiger partial charge in [0.1, 0.15) is 0 Å². The number of hydrogen-bond acceptors (Lipinski definition) is 5. The Kier molecular flexibility index (Phi) is 7.68. The average molecular weight is 301 g/mol. The van der Waals surface area contributed by atoms with Gasteiger partial charge in [-0.2, -0.15) is 0 Å². The van der Waals surface area contributed by atoms with Crippen LogP contribution in [0, 0.1) is 0 Å². The maximum absolute atomic E-state index is 11.9. The molecule has 0 atom stereocenters. The third kappa shape index (κ3) is 5.96. The van der Waals surface area contributed by atoms with Crippen molar-refractivity contribution >= 4 is 10.0 Å². The van der Waals surface area contributed by atoms with E-state index in [0.717, 1.165) is 18.5 Å². The predicted molar refractivity (Wildman–Crippen MR) is 77.9 cm³/mol. The highest BCUT2D eigenvalue weighted by Gasteiger charge is 2.14. The Morgan fingerprint density at radius 3 is 2.65 bits per heavy atom. The fourth-order valence-electron chi connectivity index (χ4n) is 1.55. The van der Waals surface area contributed by atoms with E-state index in [1.54, 1.807) is 12.3 Å². The average Bonchev–Trinajstić information content (AvgIpc) is 2.45. The van der Waals surface area contributed by atoms with Crippen molar-refractivity contribution in [3.05, 3.63) is 23.9 Å². The molecule has 0 spiro atoms. The van der Waals surface area contributed by atoms with Gasteiger partial charge in [0.05, 0.1) is 6.61 Å². The Bertz CT molecular complexity index is 474. The highest BCUT2D eigenvalue weighted by atomic mass is 32.2. The van der Waals surface area contributed by atoms with Crippen molar-refractivity contribution in [1.29, 1.82) is 0 Å². The van der Waals surface area contributed by atoms with Gasteiger partial charge in [0, 0.05) is 25.9 Å². The summed E-state index contributed by atoms with van der Waals surface area (Å²) in [7, 11) is -3.54. The van der Waals surface area contributed by atoms with Crippen molar-refractivity contribution in [1.82, 2.24) is 15.0 Å². The number of pyridine rings is 1. The number of nitrogens with zero attached hydrogens (tertiary/aromatic N) is 1. The summed E-state index contributed by atoms with van der Waals surface area (Å²) in [5.41, 5.74) is 0.965. The predicted octanol–water partition coefficient (Wildman–Crippen LogP) is 0.896. The first-order valence-electron chi connectivity index (χ1n) is 6.83. The van der Waals surface area contributed by atoms with Crippen LogP contribution in [0.25, 0.3) is 0 Å². The molecule has 0 saturated carbocycles. The minimum atomic E-state index is -3.54. The van der Waals surface area contributed by atoms with Gasteiger partial charge in [-0.1, -0.05) is 13.0 Å². The van der Waals surface area contributed by atoms with Crippen molar-refractivity contribution in [2.75, 3.05) is 26.3 Å². The Hall–Kier alpha value is -1.02. The zero-order valence-electron chi connectivity index (χ0n) is 12.1. The number of rotatable bonds is 10. The van der Waals surface area contributed by atoms with Crippen LogP contribution in [0.2, 0.25) is 0 Å². The maximum Gasteiger partial charge on any atom is 0.258 e. The smallest absolute Gasteiger partial charge is 0.258 e. The third-order valence-electron chi connectivity index (χ3n) is 2.57. The molecule has 0 amide bonds. The van der Waals surface area contributed by atoms with Gasteiger partial charge in [0.2, 0.25) is 0 Å². The Balaban J connectivity index is 2.53. The molecular formula is C13H23N3O3S. The monoisotopic (exact) mass is 301 g/mol. The van der Waals surface area contributed by atoms with Gasteiger partial charge in [-0.15, -0.1) is 0 Å². The highest BCUT2D eigenvalue weighted by molar-refractivity contribution is 7.89. The van der Waals surface area contributed by atoms with Gasteiger partial charge >= 0.3 is 0 Å². The van der Waals surface area contributed by atoms with Crippen LogP contribution in [0.5, 0.6) is 0 Å². The van der Waals surface area contributed by atoms with Crippen molar-refractivity contribution in [3.63, 3.8) is 0 Å². The lowest BCUT2D eigenvalue weighted by atomic mass is 10.3. The molecule has 114 valence electrons. The number of hydrogen-bond donors (Lipinski definition) is 2. The molecule has 7 heteroatoms. The van der Waals surface area contributed by atoms with Gasteiger partial charge in [-0.3, -0.25) is 0 Å². The van der Waals surface area contributed by atoms with Crippen molar-refractivity contribution in [2.45, 2.75) is 31.8 Å². The molecule has 0 aromatic carbocycles. The van der Waals surface area contributed by atoms with E-state index in [4.69, 9.17) is 4.74 Å². The third-order valence-corrected chi connectivity index (χ3v) is 3.95. The first kappa shape index (κ1) is 17.0. The quantitative estimate of drug-likeness (QED) is 0.628. The van der Waals surface area contributed by atoms with E-state index in [9.17, 15) is 8.42 Å². The second kappa shape index (κ2) is 9.02. The molecule has 0 saturated heterocycles. The molecule has 20 heavy (non-hydrogen) atoms. The molecule has 1 heterocycles. The van der Waals surface area contributed by atoms with E-state index < -0.39 is 10.0 Å². The fraction of sp³-hybridized carbons (Fsp3) is 0.615.